The van der Waals surface area contributed by atoms with Gasteiger partial charge in [0.1, 0.15) is 6.33 Å². The largest absolute Gasteiger partial charge is 0.316 e. The zero-order valence-corrected chi connectivity index (χ0v) is 9.65. The fourth-order valence-electron chi connectivity index (χ4n) is 2.52. The predicted molar refractivity (Wildman–Crippen MR) is 63.3 cm³/mol. The highest BCUT2D eigenvalue weighted by atomic mass is 14.9. The van der Waals surface area contributed by atoms with E-state index in [0.29, 0.717) is 0 Å². The van der Waals surface area contributed by atoms with Crippen molar-refractivity contribution in [1.82, 2.24) is 15.3 Å². The predicted octanol–water partition coefficient (Wildman–Crippen LogP) is 1.90. The van der Waals surface area contributed by atoms with E-state index < -0.39 is 0 Å². The van der Waals surface area contributed by atoms with Gasteiger partial charge in [0.25, 0.3) is 0 Å². The molecule has 0 spiro atoms. The normalized spacial score (nSPS) is 25.6. The summed E-state index contributed by atoms with van der Waals surface area (Å²) in [6, 6.07) is 2.23. The Kier molecular flexibility index (Phi) is 2.87. The van der Waals surface area contributed by atoms with Crippen LogP contribution in [0.1, 0.15) is 43.0 Å². The lowest BCUT2D eigenvalue weighted by atomic mass is 9.94. The summed E-state index contributed by atoms with van der Waals surface area (Å²) in [6.45, 7) is 2.34. The molecule has 1 atom stereocenters. The maximum absolute atomic E-state index is 4.40. The molecule has 3 nitrogen and oxygen atoms in total. The molecule has 0 aromatic carbocycles. The first kappa shape index (κ1) is 10.2. The van der Waals surface area contributed by atoms with Gasteiger partial charge in [0.15, 0.2) is 0 Å². The lowest BCUT2D eigenvalue weighted by Crippen LogP contribution is -2.31. The Bertz CT molecular complexity index is 354. The Hall–Kier alpha value is -0.960. The van der Waals surface area contributed by atoms with Crippen LogP contribution in [0.25, 0.3) is 0 Å². The minimum Gasteiger partial charge on any atom is -0.316 e. The van der Waals surface area contributed by atoms with Gasteiger partial charge in [0.2, 0.25) is 0 Å². The van der Waals surface area contributed by atoms with Crippen LogP contribution in [-0.4, -0.2) is 23.1 Å². The van der Waals surface area contributed by atoms with Crippen LogP contribution in [0.5, 0.6) is 0 Å². The molecule has 3 rings (SSSR count). The van der Waals surface area contributed by atoms with Crippen molar-refractivity contribution < 1.29 is 0 Å². The van der Waals surface area contributed by atoms with E-state index in [1.54, 1.807) is 6.33 Å². The summed E-state index contributed by atoms with van der Waals surface area (Å²) in [5, 5.41) is 3.46. The molecule has 16 heavy (non-hydrogen) atoms. The third kappa shape index (κ3) is 2.40. The van der Waals surface area contributed by atoms with Crippen LogP contribution >= 0.6 is 0 Å². The van der Waals surface area contributed by atoms with E-state index in [-0.39, 0.29) is 0 Å². The van der Waals surface area contributed by atoms with Crippen LogP contribution in [0.2, 0.25) is 0 Å². The van der Waals surface area contributed by atoms with Gasteiger partial charge in [0, 0.05) is 17.3 Å². The maximum Gasteiger partial charge on any atom is 0.115 e. The highest BCUT2D eigenvalue weighted by Gasteiger charge is 2.25. The number of rotatable bonds is 3. The van der Waals surface area contributed by atoms with Crippen molar-refractivity contribution in [3.63, 3.8) is 0 Å². The zero-order valence-electron chi connectivity index (χ0n) is 9.65. The van der Waals surface area contributed by atoms with E-state index >= 15 is 0 Å². The maximum atomic E-state index is 4.40. The second kappa shape index (κ2) is 4.50. The van der Waals surface area contributed by atoms with Crippen LogP contribution < -0.4 is 5.32 Å². The monoisotopic (exact) mass is 217 g/mol. The standard InChI is InChI=1S/C13H19N3/c1-2-10(8-14-5-1)6-12-7-13(11-3-4-11)16-9-15-12/h7,9-11,14H,1-6,8H2. The van der Waals surface area contributed by atoms with Gasteiger partial charge in [-0.3, -0.25) is 0 Å². The SMILES string of the molecule is c1nc(CC2CCCNC2)cc(C2CC2)n1. The first-order chi connectivity index (χ1) is 7.92. The lowest BCUT2D eigenvalue weighted by molar-refractivity contribution is 0.373. The summed E-state index contributed by atoms with van der Waals surface area (Å²) >= 11 is 0. The van der Waals surface area contributed by atoms with E-state index in [9.17, 15) is 0 Å². The molecule has 1 saturated heterocycles. The summed E-state index contributed by atoms with van der Waals surface area (Å²) in [4.78, 5) is 8.77. The number of nitrogens with one attached hydrogen (secondary N) is 1. The number of hydrogen-bond acceptors (Lipinski definition) is 3. The average Bonchev–Trinajstić information content (AvgIpc) is 3.15. The molecule has 2 heterocycles. The number of aromatic nitrogens is 2. The van der Waals surface area contributed by atoms with E-state index in [1.165, 1.54) is 43.6 Å². The molecule has 1 aromatic rings. The zero-order chi connectivity index (χ0) is 10.8. The van der Waals surface area contributed by atoms with Gasteiger partial charge < -0.3 is 5.32 Å². The van der Waals surface area contributed by atoms with E-state index in [1.807, 2.05) is 0 Å². The van der Waals surface area contributed by atoms with Crippen molar-refractivity contribution in [2.75, 3.05) is 13.1 Å². The third-order valence-corrected chi connectivity index (χ3v) is 3.64. The molecule has 1 unspecified atom stereocenters. The van der Waals surface area contributed by atoms with Crippen molar-refractivity contribution in [2.45, 2.75) is 38.0 Å². The smallest absolute Gasteiger partial charge is 0.115 e. The highest BCUT2D eigenvalue weighted by molar-refractivity contribution is 5.17. The quantitative estimate of drug-likeness (QED) is 0.840. The van der Waals surface area contributed by atoms with E-state index in [0.717, 1.165) is 24.8 Å². The van der Waals surface area contributed by atoms with Crippen LogP contribution in [0.4, 0.5) is 0 Å². The molecule has 0 bridgehead atoms. The second-order valence-corrected chi connectivity index (χ2v) is 5.12. The molecule has 1 saturated carbocycles. The second-order valence-electron chi connectivity index (χ2n) is 5.12. The Labute approximate surface area is 96.7 Å². The van der Waals surface area contributed by atoms with Crippen molar-refractivity contribution >= 4 is 0 Å². The molecule has 0 radical (unpaired) electrons. The van der Waals surface area contributed by atoms with Gasteiger partial charge in [-0.05, 0) is 57.2 Å². The molecular weight excluding hydrogens is 198 g/mol. The first-order valence-corrected chi connectivity index (χ1v) is 6.43. The Morgan fingerprint density at radius 2 is 2.19 bits per heavy atom. The van der Waals surface area contributed by atoms with Gasteiger partial charge in [0.05, 0.1) is 0 Å². The molecule has 2 aliphatic rings. The first-order valence-electron chi connectivity index (χ1n) is 6.43. The van der Waals surface area contributed by atoms with Gasteiger partial charge in [-0.1, -0.05) is 0 Å². The van der Waals surface area contributed by atoms with Crippen LogP contribution in [0, 0.1) is 5.92 Å². The summed E-state index contributed by atoms with van der Waals surface area (Å²) in [5.74, 6) is 1.52. The molecule has 1 aromatic heterocycles. The van der Waals surface area contributed by atoms with Crippen molar-refractivity contribution in [3.05, 3.63) is 23.8 Å². The summed E-state index contributed by atoms with van der Waals surface area (Å²) in [5.41, 5.74) is 2.51. The molecule has 86 valence electrons. The molecule has 2 fully saturated rings. The van der Waals surface area contributed by atoms with Gasteiger partial charge in [-0.25, -0.2) is 9.97 Å². The fraction of sp³-hybridized carbons (Fsp3) is 0.692. The van der Waals surface area contributed by atoms with Crippen molar-refractivity contribution in [3.8, 4) is 0 Å². The average molecular weight is 217 g/mol. The summed E-state index contributed by atoms with van der Waals surface area (Å²) in [6.07, 6.45) is 8.17. The fourth-order valence-corrected chi connectivity index (χ4v) is 2.52. The molecule has 1 aliphatic heterocycles. The lowest BCUT2D eigenvalue weighted by Gasteiger charge is -2.22. The van der Waals surface area contributed by atoms with Gasteiger partial charge in [-0.2, -0.15) is 0 Å². The van der Waals surface area contributed by atoms with E-state index in [2.05, 4.69) is 21.4 Å². The number of nitrogens with zero attached hydrogens (tertiary/aromatic N) is 2. The molecule has 0 amide bonds. The van der Waals surface area contributed by atoms with Crippen molar-refractivity contribution in [2.24, 2.45) is 5.92 Å². The van der Waals surface area contributed by atoms with Crippen molar-refractivity contribution in [1.29, 1.82) is 0 Å². The molecule has 1 N–H and O–H groups in total. The van der Waals surface area contributed by atoms with Crippen LogP contribution in [0.15, 0.2) is 12.4 Å². The van der Waals surface area contributed by atoms with E-state index in [4.69, 9.17) is 0 Å². The summed E-state index contributed by atoms with van der Waals surface area (Å²) < 4.78 is 0. The summed E-state index contributed by atoms with van der Waals surface area (Å²) in [7, 11) is 0. The molecule has 1 aliphatic carbocycles. The minimum absolute atomic E-state index is 0.742. The molecular formula is C13H19N3. The minimum atomic E-state index is 0.742. The van der Waals surface area contributed by atoms with Crippen LogP contribution in [0.3, 0.4) is 0 Å². The topological polar surface area (TPSA) is 37.8 Å². The number of hydrogen-bond donors (Lipinski definition) is 1. The molecule has 3 heteroatoms. The van der Waals surface area contributed by atoms with Crippen LogP contribution in [-0.2, 0) is 6.42 Å². The Morgan fingerprint density at radius 1 is 1.25 bits per heavy atom. The highest BCUT2D eigenvalue weighted by Crippen LogP contribution is 2.38. The third-order valence-electron chi connectivity index (χ3n) is 3.64. The number of piperidine rings is 1. The Morgan fingerprint density at radius 3 is 2.94 bits per heavy atom. The Balaban J connectivity index is 1.66. The van der Waals surface area contributed by atoms with Gasteiger partial charge in [-0.15, -0.1) is 0 Å². The van der Waals surface area contributed by atoms with Gasteiger partial charge >= 0.3 is 0 Å².